The van der Waals surface area contributed by atoms with Gasteiger partial charge >= 0.3 is 5.97 Å². The van der Waals surface area contributed by atoms with E-state index in [0.717, 1.165) is 5.56 Å². The second kappa shape index (κ2) is 9.38. The van der Waals surface area contributed by atoms with E-state index in [4.69, 9.17) is 14.2 Å². The highest BCUT2D eigenvalue weighted by molar-refractivity contribution is 7.92. The highest BCUT2D eigenvalue weighted by Gasteiger charge is 2.28. The maximum Gasteiger partial charge on any atom is 0.310 e. The summed E-state index contributed by atoms with van der Waals surface area (Å²) < 4.78 is 41.2. The number of ketones is 1. The number of hydrogen-bond acceptors (Lipinski definition) is 7. The number of carbonyl (C=O) groups excluding carboxylic acids is 2. The lowest BCUT2D eigenvalue weighted by molar-refractivity contribution is -0.141. The topological polar surface area (TPSA) is 99.2 Å². The summed E-state index contributed by atoms with van der Waals surface area (Å²) in [5.74, 6) is 0.184. The first kappa shape index (κ1) is 22.6. The third-order valence-corrected chi connectivity index (χ3v) is 6.90. The van der Waals surface area contributed by atoms with Gasteiger partial charge < -0.3 is 14.2 Å². The molecule has 0 saturated heterocycles. The van der Waals surface area contributed by atoms with Gasteiger partial charge in [-0.15, -0.1) is 0 Å². The van der Waals surface area contributed by atoms with E-state index >= 15 is 0 Å². The van der Waals surface area contributed by atoms with Crippen molar-refractivity contribution in [3.63, 3.8) is 0 Å². The highest BCUT2D eigenvalue weighted by atomic mass is 32.2. The number of carbonyl (C=O) groups is 2. The van der Waals surface area contributed by atoms with E-state index in [2.05, 4.69) is 0 Å². The third-order valence-electron chi connectivity index (χ3n) is 5.12. The Balaban J connectivity index is 1.61. The Morgan fingerprint density at radius 3 is 2.45 bits per heavy atom. The highest BCUT2D eigenvalue weighted by Crippen LogP contribution is 2.31. The van der Waals surface area contributed by atoms with Gasteiger partial charge in [0.2, 0.25) is 10.0 Å². The molecular weight excluding hydrogens is 422 g/mol. The zero-order valence-electron chi connectivity index (χ0n) is 17.7. The van der Waals surface area contributed by atoms with Crippen LogP contribution >= 0.6 is 0 Å². The van der Waals surface area contributed by atoms with Gasteiger partial charge in [-0.2, -0.15) is 0 Å². The fourth-order valence-corrected chi connectivity index (χ4v) is 4.59. The molecule has 8 nitrogen and oxygen atoms in total. The van der Waals surface area contributed by atoms with E-state index in [9.17, 15) is 18.0 Å². The van der Waals surface area contributed by atoms with Gasteiger partial charge in [-0.1, -0.05) is 6.07 Å². The lowest BCUT2D eigenvalue weighted by atomic mass is 10.1. The van der Waals surface area contributed by atoms with Crippen LogP contribution in [0.4, 0.5) is 5.69 Å². The van der Waals surface area contributed by atoms with Crippen LogP contribution in [0.2, 0.25) is 0 Å². The largest absolute Gasteiger partial charge is 0.493 e. The molecule has 166 valence electrons. The molecule has 0 unspecified atom stereocenters. The number of fused-ring (bicyclic) bond motifs is 1. The number of nitrogens with zero attached hydrogens (tertiary/aromatic N) is 1. The Hall–Kier alpha value is -3.07. The van der Waals surface area contributed by atoms with Crippen LogP contribution in [0.25, 0.3) is 0 Å². The minimum absolute atomic E-state index is 0.0122. The summed E-state index contributed by atoms with van der Waals surface area (Å²) in [6.07, 6.45) is 0.524. The number of methoxy groups -OCH3 is 2. The van der Waals surface area contributed by atoms with Crippen molar-refractivity contribution in [1.29, 1.82) is 0 Å². The van der Waals surface area contributed by atoms with Gasteiger partial charge in [0.05, 0.1) is 32.1 Å². The van der Waals surface area contributed by atoms with Crippen LogP contribution in [0.15, 0.2) is 36.4 Å². The normalized spacial score (nSPS) is 12.9. The molecule has 0 atom stereocenters. The van der Waals surface area contributed by atoms with E-state index in [1.54, 1.807) is 43.3 Å². The second-order valence-electron chi connectivity index (χ2n) is 7.02. The second-order valence-corrected chi connectivity index (χ2v) is 9.20. The molecule has 0 aromatic heterocycles. The first-order valence-electron chi connectivity index (χ1n) is 9.82. The summed E-state index contributed by atoms with van der Waals surface area (Å²) in [6, 6.07) is 9.96. The molecule has 2 aromatic carbocycles. The molecule has 1 heterocycles. The molecule has 1 aliphatic heterocycles. The summed E-state index contributed by atoms with van der Waals surface area (Å²) in [4.78, 5) is 24.6. The van der Waals surface area contributed by atoms with Gasteiger partial charge in [0.15, 0.2) is 23.9 Å². The number of hydrogen-bond donors (Lipinski definition) is 0. The van der Waals surface area contributed by atoms with Crippen LogP contribution in [0.5, 0.6) is 11.5 Å². The fraction of sp³-hybridized carbons (Fsp3) is 0.364. The molecular formula is C22H25NO7S. The number of esters is 1. The number of benzene rings is 2. The summed E-state index contributed by atoms with van der Waals surface area (Å²) >= 11 is 0. The van der Waals surface area contributed by atoms with Gasteiger partial charge in [0.1, 0.15) is 0 Å². The van der Waals surface area contributed by atoms with E-state index in [1.807, 2.05) is 0 Å². The van der Waals surface area contributed by atoms with Crippen molar-refractivity contribution in [2.45, 2.75) is 19.8 Å². The molecule has 9 heteroatoms. The molecule has 3 rings (SSSR count). The average molecular weight is 448 g/mol. The third kappa shape index (κ3) is 4.99. The summed E-state index contributed by atoms with van der Waals surface area (Å²) in [5.41, 5.74) is 2.45. The van der Waals surface area contributed by atoms with Crippen LogP contribution in [0.3, 0.4) is 0 Å². The zero-order chi connectivity index (χ0) is 22.6. The van der Waals surface area contributed by atoms with Crippen molar-refractivity contribution in [2.75, 3.05) is 37.4 Å². The molecule has 0 N–H and O–H groups in total. The van der Waals surface area contributed by atoms with Crippen molar-refractivity contribution < 1.29 is 32.2 Å². The number of ether oxygens (including phenoxy) is 3. The van der Waals surface area contributed by atoms with Crippen LogP contribution in [-0.4, -0.2) is 53.3 Å². The molecule has 1 aliphatic rings. The molecule has 0 spiro atoms. The molecule has 0 radical (unpaired) electrons. The van der Waals surface area contributed by atoms with Crippen LogP contribution in [0, 0.1) is 0 Å². The first-order chi connectivity index (χ1) is 14.8. The van der Waals surface area contributed by atoms with E-state index in [0.29, 0.717) is 41.3 Å². The Morgan fingerprint density at radius 2 is 1.77 bits per heavy atom. The molecule has 0 bridgehead atoms. The molecule has 0 amide bonds. The molecule has 0 fully saturated rings. The predicted octanol–water partition coefficient (Wildman–Crippen LogP) is 2.38. The van der Waals surface area contributed by atoms with Crippen LogP contribution in [0.1, 0.15) is 28.4 Å². The van der Waals surface area contributed by atoms with E-state index in [-0.39, 0.29) is 24.6 Å². The smallest absolute Gasteiger partial charge is 0.310 e. The maximum atomic E-state index is 12.5. The van der Waals surface area contributed by atoms with Gasteiger partial charge in [-0.05, 0) is 54.8 Å². The lowest BCUT2D eigenvalue weighted by Gasteiger charge is -2.18. The number of Topliss-reactive ketones (excluding diaryl/α,β-unsaturated/α-hetero) is 1. The van der Waals surface area contributed by atoms with Crippen molar-refractivity contribution in [1.82, 2.24) is 0 Å². The van der Waals surface area contributed by atoms with Gasteiger partial charge in [-0.25, -0.2) is 8.42 Å². The lowest BCUT2D eigenvalue weighted by Crippen LogP contribution is -2.30. The Kier molecular flexibility index (Phi) is 6.84. The summed E-state index contributed by atoms with van der Waals surface area (Å²) in [6.45, 7) is 1.58. The van der Waals surface area contributed by atoms with E-state index in [1.165, 1.54) is 18.5 Å². The minimum Gasteiger partial charge on any atom is -0.493 e. The standard InChI is InChI=1S/C22H25NO7S/c1-4-31(26,27)23-10-9-16-13-17(6-7-18(16)23)19(24)14-30-22(25)12-15-5-8-20(28-2)21(11-15)29-3/h5-8,11,13H,4,9-10,12,14H2,1-3H3. The SMILES string of the molecule is CCS(=O)(=O)N1CCc2cc(C(=O)COC(=O)Cc3ccc(OC)c(OC)c3)ccc21. The average Bonchev–Trinajstić information content (AvgIpc) is 3.21. The van der Waals surface area contributed by atoms with Crippen molar-refractivity contribution >= 4 is 27.5 Å². The number of sulfonamides is 1. The minimum atomic E-state index is -3.34. The Morgan fingerprint density at radius 1 is 1.03 bits per heavy atom. The molecule has 0 saturated carbocycles. The molecule has 0 aliphatic carbocycles. The van der Waals surface area contributed by atoms with Gasteiger partial charge in [0.25, 0.3) is 0 Å². The predicted molar refractivity (Wildman–Crippen MR) is 115 cm³/mol. The first-order valence-corrected chi connectivity index (χ1v) is 11.4. The van der Waals surface area contributed by atoms with E-state index < -0.39 is 16.0 Å². The van der Waals surface area contributed by atoms with Crippen molar-refractivity contribution in [2.24, 2.45) is 0 Å². The maximum absolute atomic E-state index is 12.5. The quantitative estimate of drug-likeness (QED) is 0.430. The zero-order valence-corrected chi connectivity index (χ0v) is 18.5. The molecule has 31 heavy (non-hydrogen) atoms. The van der Waals surface area contributed by atoms with Crippen LogP contribution < -0.4 is 13.8 Å². The van der Waals surface area contributed by atoms with Crippen molar-refractivity contribution in [3.05, 3.63) is 53.1 Å². The summed E-state index contributed by atoms with van der Waals surface area (Å²) in [5, 5.41) is 0. The number of anilines is 1. The van der Waals surface area contributed by atoms with Gasteiger partial charge in [0, 0.05) is 12.1 Å². The fourth-order valence-electron chi connectivity index (χ4n) is 3.43. The monoisotopic (exact) mass is 447 g/mol. The van der Waals surface area contributed by atoms with Crippen LogP contribution in [-0.2, 0) is 32.4 Å². The van der Waals surface area contributed by atoms with Gasteiger partial charge in [-0.3, -0.25) is 13.9 Å². The Labute approximate surface area is 181 Å². The van der Waals surface area contributed by atoms with Crippen molar-refractivity contribution in [3.8, 4) is 11.5 Å². The Bertz CT molecular complexity index is 1100. The molecule has 2 aromatic rings. The number of rotatable bonds is 9. The summed E-state index contributed by atoms with van der Waals surface area (Å²) in [7, 11) is -0.312.